The Morgan fingerprint density at radius 1 is 1.36 bits per heavy atom. The zero-order valence-corrected chi connectivity index (χ0v) is 17.2. The molecule has 2 rings (SSSR count). The van der Waals surface area contributed by atoms with Crippen LogP contribution in [0.2, 0.25) is 0 Å². The fourth-order valence-electron chi connectivity index (χ4n) is 2.22. The number of hydrogen-bond donors (Lipinski definition) is 1. The minimum absolute atomic E-state index is 0.398. The van der Waals surface area contributed by atoms with E-state index < -0.39 is 5.97 Å². The van der Waals surface area contributed by atoms with Crippen LogP contribution in [0, 0.1) is 6.92 Å². The van der Waals surface area contributed by atoms with E-state index in [1.54, 1.807) is 23.9 Å². The molecule has 7 heteroatoms. The molecule has 0 bridgehead atoms. The number of hydrogen-bond acceptors (Lipinski definition) is 6. The van der Waals surface area contributed by atoms with E-state index in [2.05, 4.69) is 45.1 Å². The monoisotopic (exact) mass is 423 g/mol. The van der Waals surface area contributed by atoms with Gasteiger partial charge in [-0.1, -0.05) is 13.8 Å². The summed E-state index contributed by atoms with van der Waals surface area (Å²) in [5, 5.41) is 4.69. The molecule has 0 atom stereocenters. The van der Waals surface area contributed by atoms with Crippen LogP contribution in [0.1, 0.15) is 42.6 Å². The number of carbonyl (C=O) groups is 1. The fourth-order valence-corrected chi connectivity index (χ4v) is 3.65. The number of anilines is 2. The van der Waals surface area contributed by atoms with Gasteiger partial charge in [-0.2, -0.15) is 0 Å². The lowest BCUT2D eigenvalue weighted by Gasteiger charge is -2.14. The number of aryl methyl sites for hydroxylation is 1. The first-order valence-electron chi connectivity index (χ1n) is 8.13. The molecule has 1 heterocycles. The highest BCUT2D eigenvalue weighted by Gasteiger charge is 2.13. The molecule has 0 radical (unpaired) electrons. The molecule has 134 valence electrons. The molecule has 0 spiro atoms. The van der Waals surface area contributed by atoms with Gasteiger partial charge >= 0.3 is 5.97 Å². The van der Waals surface area contributed by atoms with Crippen LogP contribution in [0.15, 0.2) is 33.9 Å². The minimum atomic E-state index is -0.398. The summed E-state index contributed by atoms with van der Waals surface area (Å²) < 4.78 is 5.47. The van der Waals surface area contributed by atoms with Crippen molar-refractivity contribution in [3.63, 3.8) is 0 Å². The van der Waals surface area contributed by atoms with Crippen LogP contribution >= 0.6 is 27.7 Å². The van der Waals surface area contributed by atoms with Gasteiger partial charge in [0.1, 0.15) is 5.03 Å². The Morgan fingerprint density at radius 2 is 2.08 bits per heavy atom. The highest BCUT2D eigenvalue weighted by molar-refractivity contribution is 9.10. The van der Waals surface area contributed by atoms with Crippen molar-refractivity contribution in [2.24, 2.45) is 0 Å². The number of carbonyl (C=O) groups excluding carboxylic acids is 1. The van der Waals surface area contributed by atoms with Crippen LogP contribution in [-0.4, -0.2) is 28.3 Å². The molecule has 0 saturated heterocycles. The lowest BCUT2D eigenvalue weighted by molar-refractivity contribution is 0.0599. The number of ether oxygens (including phenoxy) is 1. The second-order valence-electron chi connectivity index (χ2n) is 5.55. The van der Waals surface area contributed by atoms with Crippen LogP contribution < -0.4 is 5.32 Å². The Hall–Kier alpha value is -1.60. The van der Waals surface area contributed by atoms with E-state index >= 15 is 0 Å². The number of halogens is 1. The molecule has 5 nitrogen and oxygen atoms in total. The number of methoxy groups -OCH3 is 1. The topological polar surface area (TPSA) is 64.1 Å². The third kappa shape index (κ3) is 5.19. The van der Waals surface area contributed by atoms with Crippen LogP contribution in [0.4, 0.5) is 11.6 Å². The van der Waals surface area contributed by atoms with Gasteiger partial charge in [-0.05, 0) is 59.5 Å². The average molecular weight is 424 g/mol. The van der Waals surface area contributed by atoms with Gasteiger partial charge in [-0.25, -0.2) is 14.8 Å². The summed E-state index contributed by atoms with van der Waals surface area (Å²) in [6.45, 7) is 6.39. The third-order valence-corrected chi connectivity index (χ3v) is 6.07. The van der Waals surface area contributed by atoms with E-state index in [0.29, 0.717) is 21.2 Å². The van der Waals surface area contributed by atoms with Gasteiger partial charge in [0.15, 0.2) is 0 Å². The number of esters is 1. The molecular weight excluding hydrogens is 402 g/mol. The van der Waals surface area contributed by atoms with Gasteiger partial charge in [-0.3, -0.25) is 0 Å². The molecule has 25 heavy (non-hydrogen) atoms. The van der Waals surface area contributed by atoms with Crippen molar-refractivity contribution in [2.75, 3.05) is 12.4 Å². The largest absolute Gasteiger partial charge is 0.465 e. The molecule has 0 unspecified atom stereocenters. The first-order valence-corrected chi connectivity index (χ1v) is 9.80. The standard InChI is InChI=1S/C18H22BrN3O2S/c1-5-13(6-2)25-16-11(3)10-20-18(22-16)21-12-7-8-15(19)14(9-12)17(23)24-4/h7-10,13H,5-6H2,1-4H3,(H,20,21,22). The van der Waals surface area contributed by atoms with Crippen molar-refractivity contribution in [1.29, 1.82) is 0 Å². The second-order valence-corrected chi connectivity index (χ2v) is 7.69. The van der Waals surface area contributed by atoms with Crippen molar-refractivity contribution < 1.29 is 9.53 Å². The first-order chi connectivity index (χ1) is 12.0. The van der Waals surface area contributed by atoms with E-state index in [1.165, 1.54) is 7.11 Å². The molecule has 0 saturated carbocycles. The van der Waals surface area contributed by atoms with E-state index in [1.807, 2.05) is 19.2 Å². The zero-order chi connectivity index (χ0) is 18.4. The zero-order valence-electron chi connectivity index (χ0n) is 14.8. The lowest BCUT2D eigenvalue weighted by Crippen LogP contribution is -2.05. The average Bonchev–Trinajstić information content (AvgIpc) is 2.63. The van der Waals surface area contributed by atoms with E-state index in [0.717, 1.165) is 29.1 Å². The van der Waals surface area contributed by atoms with Crippen molar-refractivity contribution in [2.45, 2.75) is 43.9 Å². The quantitative estimate of drug-likeness (QED) is 0.367. The maximum Gasteiger partial charge on any atom is 0.339 e. The molecule has 1 aromatic heterocycles. The number of nitrogens with one attached hydrogen (secondary N) is 1. The van der Waals surface area contributed by atoms with Crippen LogP contribution in [-0.2, 0) is 4.74 Å². The van der Waals surface area contributed by atoms with Gasteiger partial charge in [0.25, 0.3) is 0 Å². The maximum absolute atomic E-state index is 11.8. The summed E-state index contributed by atoms with van der Waals surface area (Å²) >= 11 is 5.14. The lowest BCUT2D eigenvalue weighted by atomic mass is 10.2. The molecule has 1 aromatic carbocycles. The van der Waals surface area contributed by atoms with Gasteiger partial charge in [-0.15, -0.1) is 11.8 Å². The number of thioether (sulfide) groups is 1. The fraction of sp³-hybridized carbons (Fsp3) is 0.389. The Bertz CT molecular complexity index is 751. The van der Waals surface area contributed by atoms with E-state index in [9.17, 15) is 4.79 Å². The van der Waals surface area contributed by atoms with Crippen molar-refractivity contribution in [1.82, 2.24) is 9.97 Å². The highest BCUT2D eigenvalue weighted by Crippen LogP contribution is 2.29. The van der Waals surface area contributed by atoms with Gasteiger partial charge in [0.2, 0.25) is 5.95 Å². The molecule has 0 aliphatic rings. The minimum Gasteiger partial charge on any atom is -0.465 e. The van der Waals surface area contributed by atoms with E-state index in [-0.39, 0.29) is 0 Å². The summed E-state index contributed by atoms with van der Waals surface area (Å²) in [7, 11) is 1.36. The van der Waals surface area contributed by atoms with Crippen molar-refractivity contribution in [3.05, 3.63) is 40.0 Å². The predicted molar refractivity (Wildman–Crippen MR) is 106 cm³/mol. The Labute approximate surface area is 161 Å². The Kier molecular flexibility index (Phi) is 7.25. The van der Waals surface area contributed by atoms with E-state index in [4.69, 9.17) is 4.74 Å². The van der Waals surface area contributed by atoms with Gasteiger partial charge < -0.3 is 10.1 Å². The van der Waals surface area contributed by atoms with Gasteiger partial charge in [0.05, 0.1) is 12.7 Å². The molecule has 0 aliphatic heterocycles. The van der Waals surface area contributed by atoms with Crippen molar-refractivity contribution >= 4 is 45.3 Å². The number of rotatable bonds is 7. The molecule has 1 N–H and O–H groups in total. The molecular formula is C18H22BrN3O2S. The van der Waals surface area contributed by atoms with Crippen LogP contribution in [0.25, 0.3) is 0 Å². The number of nitrogens with zero attached hydrogens (tertiary/aromatic N) is 2. The van der Waals surface area contributed by atoms with Gasteiger partial charge in [0, 0.05) is 21.6 Å². The molecule has 0 amide bonds. The van der Waals surface area contributed by atoms with Crippen LogP contribution in [0.3, 0.4) is 0 Å². The highest BCUT2D eigenvalue weighted by atomic mass is 79.9. The number of benzene rings is 1. The molecule has 0 aliphatic carbocycles. The maximum atomic E-state index is 11.8. The Morgan fingerprint density at radius 3 is 2.72 bits per heavy atom. The third-order valence-electron chi connectivity index (χ3n) is 3.74. The summed E-state index contributed by atoms with van der Waals surface area (Å²) in [6, 6.07) is 5.36. The molecule has 2 aromatic rings. The SMILES string of the molecule is CCC(CC)Sc1nc(Nc2ccc(Br)c(C(=O)OC)c2)ncc1C. The number of aromatic nitrogens is 2. The van der Waals surface area contributed by atoms with Crippen molar-refractivity contribution in [3.8, 4) is 0 Å². The summed E-state index contributed by atoms with van der Waals surface area (Å²) in [6.07, 6.45) is 4.02. The second kappa shape index (κ2) is 9.20. The summed E-state index contributed by atoms with van der Waals surface area (Å²) in [5.41, 5.74) is 2.24. The first kappa shape index (κ1) is 19.7. The Balaban J connectivity index is 2.24. The normalized spacial score (nSPS) is 10.8. The summed E-state index contributed by atoms with van der Waals surface area (Å²) in [4.78, 5) is 20.8. The summed E-state index contributed by atoms with van der Waals surface area (Å²) in [5.74, 6) is 0.113. The van der Waals surface area contributed by atoms with Crippen LogP contribution in [0.5, 0.6) is 0 Å². The molecule has 0 fully saturated rings. The smallest absolute Gasteiger partial charge is 0.339 e. The predicted octanol–water partition coefficient (Wildman–Crippen LogP) is 5.36.